The molecule has 0 saturated carbocycles. The zero-order chi connectivity index (χ0) is 17.1. The predicted molar refractivity (Wildman–Crippen MR) is 94.7 cm³/mol. The van der Waals surface area contributed by atoms with Crippen LogP contribution in [0.3, 0.4) is 0 Å². The molecule has 1 aromatic carbocycles. The van der Waals surface area contributed by atoms with Crippen LogP contribution in [0.5, 0.6) is 11.5 Å². The smallest absolute Gasteiger partial charge is 0.125 e. The normalized spacial score (nSPS) is 17.6. The fourth-order valence-electron chi connectivity index (χ4n) is 3.24. The molecule has 3 rings (SSSR count). The van der Waals surface area contributed by atoms with Gasteiger partial charge >= 0.3 is 0 Å². The topological polar surface area (TPSA) is 54.8 Å². The molecule has 1 aliphatic rings. The highest BCUT2D eigenvalue weighted by Crippen LogP contribution is 2.39. The fourth-order valence-corrected chi connectivity index (χ4v) is 4.14. The number of rotatable bonds is 6. The molecule has 1 aromatic heterocycles. The Kier molecular flexibility index (Phi) is 5.38. The highest BCUT2D eigenvalue weighted by Gasteiger charge is 2.29. The van der Waals surface area contributed by atoms with E-state index in [1.54, 1.807) is 25.6 Å². The number of hydrogen-bond acceptors (Lipinski definition) is 6. The van der Waals surface area contributed by atoms with E-state index in [1.165, 1.54) is 5.01 Å². The summed E-state index contributed by atoms with van der Waals surface area (Å²) in [6, 6.07) is 3.75. The van der Waals surface area contributed by atoms with Crippen LogP contribution in [0.4, 0.5) is 0 Å². The summed E-state index contributed by atoms with van der Waals surface area (Å²) in [6.45, 7) is 4.18. The number of aryl methyl sites for hydroxylation is 1. The van der Waals surface area contributed by atoms with E-state index in [4.69, 9.17) is 14.5 Å². The van der Waals surface area contributed by atoms with Crippen molar-refractivity contribution >= 4 is 11.3 Å². The zero-order valence-electron chi connectivity index (χ0n) is 14.4. The van der Waals surface area contributed by atoms with Crippen LogP contribution in [0.2, 0.25) is 0 Å². The molecule has 0 aliphatic carbocycles. The van der Waals surface area contributed by atoms with Crippen LogP contribution in [0.15, 0.2) is 17.5 Å². The van der Waals surface area contributed by atoms with Gasteiger partial charge in [-0.05, 0) is 25.0 Å². The maximum atomic E-state index is 10.6. The van der Waals surface area contributed by atoms with Crippen LogP contribution in [0, 0.1) is 0 Å². The van der Waals surface area contributed by atoms with Crippen LogP contribution in [0.1, 0.15) is 41.3 Å². The van der Waals surface area contributed by atoms with Gasteiger partial charge in [-0.25, -0.2) is 4.98 Å². The summed E-state index contributed by atoms with van der Waals surface area (Å²) in [5.41, 5.74) is 2.92. The molecule has 0 bridgehead atoms. The lowest BCUT2D eigenvalue weighted by Crippen LogP contribution is -2.33. The van der Waals surface area contributed by atoms with E-state index in [0.717, 1.165) is 47.7 Å². The van der Waals surface area contributed by atoms with Gasteiger partial charge in [0.1, 0.15) is 11.5 Å². The lowest BCUT2D eigenvalue weighted by atomic mass is 9.95. The average Bonchev–Trinajstić information content (AvgIpc) is 3.01. The summed E-state index contributed by atoms with van der Waals surface area (Å²) in [5, 5.41) is 13.9. The summed E-state index contributed by atoms with van der Waals surface area (Å²) in [7, 11) is 3.29. The quantitative estimate of drug-likeness (QED) is 0.869. The molecule has 1 aliphatic heterocycles. The SMILES string of the molecule is CCCc1nc(CN2Cc3c(OC)ccc(OC)c3[C@H](O)C2)cs1. The van der Waals surface area contributed by atoms with Gasteiger partial charge in [-0.15, -0.1) is 11.3 Å². The lowest BCUT2D eigenvalue weighted by molar-refractivity contribution is 0.0837. The molecule has 0 saturated heterocycles. The highest BCUT2D eigenvalue weighted by molar-refractivity contribution is 7.09. The van der Waals surface area contributed by atoms with Crippen molar-refractivity contribution in [2.45, 2.75) is 39.0 Å². The number of methoxy groups -OCH3 is 2. The van der Waals surface area contributed by atoms with E-state index >= 15 is 0 Å². The average molecular weight is 348 g/mol. The van der Waals surface area contributed by atoms with Crippen molar-refractivity contribution in [1.82, 2.24) is 9.88 Å². The second-order valence-electron chi connectivity index (χ2n) is 6.03. The number of aliphatic hydroxyl groups excluding tert-OH is 1. The van der Waals surface area contributed by atoms with Gasteiger partial charge in [-0.2, -0.15) is 0 Å². The molecule has 5 nitrogen and oxygen atoms in total. The molecule has 1 atom stereocenters. The number of nitrogens with zero attached hydrogens (tertiary/aromatic N) is 2. The molecule has 0 radical (unpaired) electrons. The predicted octanol–water partition coefficient (Wildman–Crippen LogP) is 3.16. The van der Waals surface area contributed by atoms with Crippen LogP contribution in [0.25, 0.3) is 0 Å². The van der Waals surface area contributed by atoms with E-state index in [0.29, 0.717) is 13.1 Å². The zero-order valence-corrected chi connectivity index (χ0v) is 15.2. The van der Waals surface area contributed by atoms with Crippen LogP contribution in [-0.2, 0) is 19.5 Å². The molecule has 0 spiro atoms. The van der Waals surface area contributed by atoms with Gasteiger partial charge in [-0.1, -0.05) is 6.92 Å². The lowest BCUT2D eigenvalue weighted by Gasteiger charge is -2.33. The van der Waals surface area contributed by atoms with E-state index in [1.807, 2.05) is 12.1 Å². The maximum Gasteiger partial charge on any atom is 0.125 e. The Labute approximate surface area is 146 Å². The summed E-state index contributed by atoms with van der Waals surface area (Å²) in [4.78, 5) is 6.90. The second-order valence-corrected chi connectivity index (χ2v) is 6.97. The third-order valence-corrected chi connectivity index (χ3v) is 5.27. The van der Waals surface area contributed by atoms with Crippen LogP contribution < -0.4 is 9.47 Å². The number of fused-ring (bicyclic) bond motifs is 1. The van der Waals surface area contributed by atoms with Crippen molar-refractivity contribution in [3.05, 3.63) is 39.3 Å². The van der Waals surface area contributed by atoms with Gasteiger partial charge < -0.3 is 14.6 Å². The minimum Gasteiger partial charge on any atom is -0.496 e. The van der Waals surface area contributed by atoms with Crippen molar-refractivity contribution in [2.24, 2.45) is 0 Å². The number of hydrogen-bond donors (Lipinski definition) is 1. The molecule has 0 amide bonds. The van der Waals surface area contributed by atoms with Crippen LogP contribution in [-0.4, -0.2) is 35.8 Å². The minimum absolute atomic E-state index is 0.567. The number of β-amino-alcohol motifs (C(OH)–C–C–N with tert-alkyl or cyclic N) is 1. The molecular formula is C18H24N2O3S. The van der Waals surface area contributed by atoms with Crippen molar-refractivity contribution < 1.29 is 14.6 Å². The number of ether oxygens (including phenoxy) is 2. The second kappa shape index (κ2) is 7.51. The van der Waals surface area contributed by atoms with Crippen LogP contribution >= 0.6 is 11.3 Å². The van der Waals surface area contributed by atoms with Gasteiger partial charge in [0.25, 0.3) is 0 Å². The van der Waals surface area contributed by atoms with Gasteiger partial charge in [0.05, 0.1) is 31.0 Å². The Balaban J connectivity index is 1.82. The summed E-state index contributed by atoms with van der Waals surface area (Å²) in [5.74, 6) is 1.51. The Hall–Kier alpha value is -1.63. The van der Waals surface area contributed by atoms with Gasteiger partial charge in [0.2, 0.25) is 0 Å². The first-order chi connectivity index (χ1) is 11.7. The summed E-state index contributed by atoms with van der Waals surface area (Å²) >= 11 is 1.72. The summed E-state index contributed by atoms with van der Waals surface area (Å²) < 4.78 is 10.9. The maximum absolute atomic E-state index is 10.6. The molecular weight excluding hydrogens is 324 g/mol. The standard InChI is InChI=1S/C18H24N2O3S/c1-4-5-17-19-12(11-24-17)8-20-9-13-15(22-2)6-7-16(23-3)18(13)14(21)10-20/h6-7,11,14,21H,4-5,8-10H2,1-3H3/t14-/m1/s1. The third kappa shape index (κ3) is 3.41. The van der Waals surface area contributed by atoms with Crippen molar-refractivity contribution in [1.29, 1.82) is 0 Å². The van der Waals surface area contributed by atoms with Crippen molar-refractivity contribution in [2.75, 3.05) is 20.8 Å². The molecule has 6 heteroatoms. The monoisotopic (exact) mass is 348 g/mol. The van der Waals surface area contributed by atoms with E-state index in [-0.39, 0.29) is 0 Å². The Morgan fingerprint density at radius 2 is 2.04 bits per heavy atom. The number of aliphatic hydroxyl groups is 1. The molecule has 1 N–H and O–H groups in total. The molecule has 0 unspecified atom stereocenters. The Bertz CT molecular complexity index is 702. The first-order valence-electron chi connectivity index (χ1n) is 8.23. The first kappa shape index (κ1) is 17.2. The molecule has 130 valence electrons. The summed E-state index contributed by atoms with van der Waals surface area (Å²) in [6.07, 6.45) is 1.55. The highest BCUT2D eigenvalue weighted by atomic mass is 32.1. The van der Waals surface area contributed by atoms with E-state index < -0.39 is 6.10 Å². The van der Waals surface area contributed by atoms with E-state index in [9.17, 15) is 5.11 Å². The molecule has 2 aromatic rings. The largest absolute Gasteiger partial charge is 0.496 e. The van der Waals surface area contributed by atoms with Gasteiger partial charge in [0, 0.05) is 36.1 Å². The first-order valence-corrected chi connectivity index (χ1v) is 9.11. The Morgan fingerprint density at radius 3 is 2.75 bits per heavy atom. The molecule has 24 heavy (non-hydrogen) atoms. The Morgan fingerprint density at radius 1 is 1.29 bits per heavy atom. The van der Waals surface area contributed by atoms with Crippen molar-refractivity contribution in [3.63, 3.8) is 0 Å². The number of thiazole rings is 1. The van der Waals surface area contributed by atoms with E-state index in [2.05, 4.69) is 17.2 Å². The third-order valence-electron chi connectivity index (χ3n) is 4.31. The molecule has 2 heterocycles. The number of aromatic nitrogens is 1. The number of benzene rings is 1. The molecule has 0 fully saturated rings. The fraction of sp³-hybridized carbons (Fsp3) is 0.500. The minimum atomic E-state index is -0.590. The van der Waals surface area contributed by atoms with Gasteiger partial charge in [0.15, 0.2) is 0 Å². The van der Waals surface area contributed by atoms with Crippen molar-refractivity contribution in [3.8, 4) is 11.5 Å². The van der Waals surface area contributed by atoms with Gasteiger partial charge in [-0.3, -0.25) is 4.90 Å².